The summed E-state index contributed by atoms with van der Waals surface area (Å²) in [6, 6.07) is 14.6. The van der Waals surface area contributed by atoms with Gasteiger partial charge in [-0.15, -0.1) is 0 Å². The van der Waals surface area contributed by atoms with Crippen molar-refractivity contribution in [1.29, 1.82) is 0 Å². The highest BCUT2D eigenvalue weighted by Gasteiger charge is 2.34. The van der Waals surface area contributed by atoms with Crippen LogP contribution in [0.15, 0.2) is 53.1 Å². The predicted octanol–water partition coefficient (Wildman–Crippen LogP) is 5.07. The second-order valence-corrected chi connectivity index (χ2v) is 7.05. The Morgan fingerprint density at radius 3 is 2.85 bits per heavy atom. The van der Waals surface area contributed by atoms with Crippen molar-refractivity contribution in [2.75, 3.05) is 11.9 Å². The van der Waals surface area contributed by atoms with E-state index in [9.17, 15) is 4.79 Å². The predicted molar refractivity (Wildman–Crippen MR) is 104 cm³/mol. The van der Waals surface area contributed by atoms with Crippen LogP contribution in [0.4, 0.5) is 10.5 Å². The van der Waals surface area contributed by atoms with Crippen LogP contribution in [0.3, 0.4) is 0 Å². The Hall–Kier alpha value is -2.86. The maximum Gasteiger partial charge on any atom is 0.322 e. The van der Waals surface area contributed by atoms with E-state index in [0.29, 0.717) is 23.3 Å². The third kappa shape index (κ3) is 3.80. The van der Waals surface area contributed by atoms with Gasteiger partial charge in [-0.1, -0.05) is 28.9 Å². The van der Waals surface area contributed by atoms with Gasteiger partial charge in [0.25, 0.3) is 0 Å². The number of likely N-dealkylation sites (tertiary alicyclic amines) is 1. The van der Waals surface area contributed by atoms with Crippen LogP contribution in [-0.2, 0) is 0 Å². The number of urea groups is 1. The molecule has 27 heavy (non-hydrogen) atoms. The number of nitrogens with one attached hydrogen (secondary N) is 1. The molecule has 7 heteroatoms. The minimum atomic E-state index is -0.219. The van der Waals surface area contributed by atoms with Crippen LogP contribution < -0.4 is 5.32 Å². The number of hydrogen-bond donors (Lipinski definition) is 1. The minimum Gasteiger partial charge on any atom is -0.337 e. The lowest BCUT2D eigenvalue weighted by molar-refractivity contribution is 0.193. The Morgan fingerprint density at radius 1 is 1.26 bits per heavy atom. The van der Waals surface area contributed by atoms with Crippen molar-refractivity contribution in [3.05, 3.63) is 65.0 Å². The van der Waals surface area contributed by atoms with Gasteiger partial charge in [-0.3, -0.25) is 0 Å². The average Bonchev–Trinajstić information content (AvgIpc) is 3.31. The molecule has 1 N–H and O–H groups in total. The molecule has 0 bridgehead atoms. The zero-order valence-electron chi connectivity index (χ0n) is 14.9. The third-order valence-electron chi connectivity index (χ3n) is 4.61. The molecule has 2 heterocycles. The van der Waals surface area contributed by atoms with Crippen molar-refractivity contribution in [1.82, 2.24) is 15.0 Å². The SMILES string of the molecule is Cc1cccc(NC(=O)N2CCC[C@@H]2c2nc(-c3ccc(Cl)cc3)no2)c1. The number of hydrogen-bond acceptors (Lipinski definition) is 4. The molecule has 0 spiro atoms. The summed E-state index contributed by atoms with van der Waals surface area (Å²) in [4.78, 5) is 19.0. The number of nitrogens with zero attached hydrogens (tertiary/aromatic N) is 3. The van der Waals surface area contributed by atoms with Gasteiger partial charge in [0, 0.05) is 22.8 Å². The molecular weight excluding hydrogens is 364 g/mol. The first-order chi connectivity index (χ1) is 13.1. The Morgan fingerprint density at radius 2 is 2.07 bits per heavy atom. The highest BCUT2D eigenvalue weighted by Crippen LogP contribution is 2.32. The van der Waals surface area contributed by atoms with Gasteiger partial charge in [0.2, 0.25) is 11.7 Å². The number of aromatic nitrogens is 2. The van der Waals surface area contributed by atoms with E-state index in [1.165, 1.54) is 0 Å². The van der Waals surface area contributed by atoms with E-state index in [1.807, 2.05) is 43.3 Å². The van der Waals surface area contributed by atoms with Gasteiger partial charge in [-0.05, 0) is 61.7 Å². The van der Waals surface area contributed by atoms with E-state index in [2.05, 4.69) is 15.5 Å². The molecule has 3 aromatic rings. The third-order valence-corrected chi connectivity index (χ3v) is 4.86. The second-order valence-electron chi connectivity index (χ2n) is 6.61. The van der Waals surface area contributed by atoms with Crippen LogP contribution in [0.1, 0.15) is 30.3 Å². The molecule has 0 radical (unpaired) electrons. The van der Waals surface area contributed by atoms with Gasteiger partial charge >= 0.3 is 6.03 Å². The monoisotopic (exact) mass is 382 g/mol. The van der Waals surface area contributed by atoms with Gasteiger partial charge in [-0.25, -0.2) is 4.79 Å². The second kappa shape index (κ2) is 7.40. The highest BCUT2D eigenvalue weighted by molar-refractivity contribution is 6.30. The van der Waals surface area contributed by atoms with Crippen molar-refractivity contribution in [3.8, 4) is 11.4 Å². The fraction of sp³-hybridized carbons (Fsp3) is 0.250. The largest absolute Gasteiger partial charge is 0.337 e. The van der Waals surface area contributed by atoms with Crippen LogP contribution >= 0.6 is 11.6 Å². The molecule has 1 aromatic heterocycles. The number of aryl methyl sites for hydroxylation is 1. The molecule has 0 unspecified atom stereocenters. The Labute approximate surface area is 162 Å². The molecule has 0 saturated carbocycles. The van der Waals surface area contributed by atoms with E-state index in [1.54, 1.807) is 17.0 Å². The van der Waals surface area contributed by atoms with Gasteiger partial charge in [0.15, 0.2) is 0 Å². The first-order valence-corrected chi connectivity index (χ1v) is 9.22. The highest BCUT2D eigenvalue weighted by atomic mass is 35.5. The standard InChI is InChI=1S/C20H19ClN4O2/c1-13-4-2-5-16(12-13)22-20(26)25-11-3-6-17(25)19-23-18(24-27-19)14-7-9-15(21)10-8-14/h2,4-5,7-10,12,17H,3,6,11H2,1H3,(H,22,26)/t17-/m1/s1. The van der Waals surface area contributed by atoms with Crippen LogP contribution in [0.5, 0.6) is 0 Å². The van der Waals surface area contributed by atoms with Gasteiger partial charge < -0.3 is 14.7 Å². The Balaban J connectivity index is 1.51. The Kier molecular flexibility index (Phi) is 4.81. The topological polar surface area (TPSA) is 71.3 Å². The van der Waals surface area contributed by atoms with E-state index in [4.69, 9.17) is 16.1 Å². The quantitative estimate of drug-likeness (QED) is 0.686. The molecule has 1 fully saturated rings. The molecule has 1 aliphatic heterocycles. The van der Waals surface area contributed by atoms with Crippen LogP contribution in [0.2, 0.25) is 5.02 Å². The van der Waals surface area contributed by atoms with Crippen LogP contribution in [0, 0.1) is 6.92 Å². The minimum absolute atomic E-state index is 0.158. The van der Waals surface area contributed by atoms with Gasteiger partial charge in [0.05, 0.1) is 0 Å². The van der Waals surface area contributed by atoms with E-state index >= 15 is 0 Å². The molecule has 1 saturated heterocycles. The zero-order valence-corrected chi connectivity index (χ0v) is 15.6. The van der Waals surface area contributed by atoms with Gasteiger partial charge in [-0.2, -0.15) is 4.98 Å². The lowest BCUT2D eigenvalue weighted by Gasteiger charge is -2.22. The molecule has 2 aromatic carbocycles. The van der Waals surface area contributed by atoms with Crippen molar-refractivity contribution < 1.29 is 9.32 Å². The summed E-state index contributed by atoms with van der Waals surface area (Å²) in [5.74, 6) is 0.949. The number of anilines is 1. The van der Waals surface area contributed by atoms with Crippen molar-refractivity contribution in [2.45, 2.75) is 25.8 Å². The fourth-order valence-corrected chi connectivity index (χ4v) is 3.40. The number of benzene rings is 2. The van der Waals surface area contributed by atoms with Crippen molar-refractivity contribution >= 4 is 23.3 Å². The summed E-state index contributed by atoms with van der Waals surface area (Å²) < 4.78 is 5.47. The molecule has 138 valence electrons. The summed E-state index contributed by atoms with van der Waals surface area (Å²) >= 11 is 5.92. The molecule has 0 aliphatic carbocycles. The summed E-state index contributed by atoms with van der Waals surface area (Å²) in [7, 11) is 0. The maximum absolute atomic E-state index is 12.7. The number of carbonyl (C=O) groups excluding carboxylic acids is 1. The molecule has 2 amide bonds. The molecule has 6 nitrogen and oxygen atoms in total. The van der Waals surface area contributed by atoms with Gasteiger partial charge in [0.1, 0.15) is 6.04 Å². The molecule has 1 aliphatic rings. The fourth-order valence-electron chi connectivity index (χ4n) is 3.27. The number of rotatable bonds is 3. The summed E-state index contributed by atoms with van der Waals surface area (Å²) in [5.41, 5.74) is 2.69. The average molecular weight is 383 g/mol. The molecule has 1 atom stereocenters. The van der Waals surface area contributed by atoms with Crippen LogP contribution in [0.25, 0.3) is 11.4 Å². The summed E-state index contributed by atoms with van der Waals surface area (Å²) in [6.07, 6.45) is 1.69. The first kappa shape index (κ1) is 17.5. The smallest absolute Gasteiger partial charge is 0.322 e. The van der Waals surface area contributed by atoms with E-state index < -0.39 is 0 Å². The maximum atomic E-state index is 12.7. The number of amides is 2. The first-order valence-electron chi connectivity index (χ1n) is 8.84. The zero-order chi connectivity index (χ0) is 18.8. The van der Waals surface area contributed by atoms with Crippen LogP contribution in [-0.4, -0.2) is 27.6 Å². The lowest BCUT2D eigenvalue weighted by atomic mass is 10.2. The molecule has 4 rings (SSSR count). The van der Waals surface area contributed by atoms with E-state index in [0.717, 1.165) is 29.7 Å². The lowest BCUT2D eigenvalue weighted by Crippen LogP contribution is -2.34. The Bertz CT molecular complexity index is 955. The van der Waals surface area contributed by atoms with Crippen molar-refractivity contribution in [2.24, 2.45) is 0 Å². The summed E-state index contributed by atoms with van der Waals surface area (Å²) in [5, 5.41) is 7.66. The number of halogens is 1. The summed E-state index contributed by atoms with van der Waals surface area (Å²) in [6.45, 7) is 2.64. The number of carbonyl (C=O) groups is 1. The molecular formula is C20H19ClN4O2. The normalized spacial score (nSPS) is 16.5. The van der Waals surface area contributed by atoms with Crippen molar-refractivity contribution in [3.63, 3.8) is 0 Å². The van der Waals surface area contributed by atoms with E-state index in [-0.39, 0.29) is 12.1 Å².